The summed E-state index contributed by atoms with van der Waals surface area (Å²) >= 11 is 6.22. The number of halogens is 1. The molecule has 4 heteroatoms. The molecule has 2 N–H and O–H groups in total. The van der Waals surface area contributed by atoms with Crippen molar-refractivity contribution in [3.05, 3.63) is 28.3 Å². The van der Waals surface area contributed by atoms with Crippen LogP contribution in [0.25, 0.3) is 0 Å². The first-order chi connectivity index (χ1) is 9.28. The average molecular weight is 281 g/mol. The minimum absolute atomic E-state index is 0.694. The highest BCUT2D eigenvalue weighted by Gasteiger charge is 2.26. The highest BCUT2D eigenvalue weighted by atomic mass is 35.5. The third-order valence-corrected chi connectivity index (χ3v) is 4.42. The van der Waals surface area contributed by atoms with E-state index < -0.39 is 0 Å². The molecule has 1 saturated carbocycles. The number of benzene rings is 1. The van der Waals surface area contributed by atoms with E-state index in [1.807, 2.05) is 12.1 Å². The summed E-state index contributed by atoms with van der Waals surface area (Å²) in [5, 5.41) is 0.820. The lowest BCUT2D eigenvalue weighted by Gasteiger charge is -2.37. The molecule has 3 nitrogen and oxygen atoms in total. The normalized spacial score (nSPS) is 18.3. The fourth-order valence-corrected chi connectivity index (χ4v) is 3.25. The lowest BCUT2D eigenvalue weighted by molar-refractivity contribution is 0.122. The van der Waals surface area contributed by atoms with E-state index in [0.717, 1.165) is 36.9 Å². The summed E-state index contributed by atoms with van der Waals surface area (Å²) in [4.78, 5) is 2.48. The van der Waals surface area contributed by atoms with Crippen LogP contribution in [0.4, 0.5) is 0 Å². The summed E-state index contributed by atoms with van der Waals surface area (Å²) in [6, 6.07) is 4.78. The van der Waals surface area contributed by atoms with Crippen LogP contribution in [0.5, 0.6) is 5.75 Å². The summed E-state index contributed by atoms with van der Waals surface area (Å²) in [6.45, 7) is 3.35. The Hall–Kier alpha value is -0.770. The van der Waals surface area contributed by atoms with Crippen LogP contribution in [0.2, 0.25) is 5.02 Å². The Kier molecular flexibility index (Phi) is 3.96. The Bertz CT molecular complexity index is 460. The van der Waals surface area contributed by atoms with Gasteiger partial charge in [0.05, 0.1) is 6.61 Å². The molecule has 0 bridgehead atoms. The molecule has 0 radical (unpaired) electrons. The van der Waals surface area contributed by atoms with E-state index in [1.165, 1.54) is 30.4 Å². The topological polar surface area (TPSA) is 38.5 Å². The second-order valence-electron chi connectivity index (χ2n) is 5.50. The van der Waals surface area contributed by atoms with Crippen molar-refractivity contribution >= 4 is 11.6 Å². The molecule has 0 atom stereocenters. The molecule has 19 heavy (non-hydrogen) atoms. The van der Waals surface area contributed by atoms with Crippen molar-refractivity contribution < 1.29 is 4.74 Å². The van der Waals surface area contributed by atoms with Crippen LogP contribution >= 0.6 is 11.6 Å². The van der Waals surface area contributed by atoms with Gasteiger partial charge in [-0.2, -0.15) is 0 Å². The average Bonchev–Trinajstić information content (AvgIpc) is 2.74. The molecule has 1 heterocycles. The summed E-state index contributed by atoms with van der Waals surface area (Å²) in [5.74, 6) is 1.06. The molecule has 2 aliphatic rings. The van der Waals surface area contributed by atoms with Crippen LogP contribution in [-0.2, 0) is 13.0 Å². The van der Waals surface area contributed by atoms with Gasteiger partial charge < -0.3 is 10.5 Å². The Labute approximate surface area is 119 Å². The van der Waals surface area contributed by atoms with E-state index in [-0.39, 0.29) is 0 Å². The summed E-state index contributed by atoms with van der Waals surface area (Å²) in [5.41, 5.74) is 8.22. The van der Waals surface area contributed by atoms with Gasteiger partial charge in [0.15, 0.2) is 0 Å². The van der Waals surface area contributed by atoms with Gasteiger partial charge in [0, 0.05) is 42.7 Å². The zero-order valence-electron chi connectivity index (χ0n) is 11.2. The Morgan fingerprint density at radius 1 is 1.37 bits per heavy atom. The molecule has 0 amide bonds. The second kappa shape index (κ2) is 5.70. The first-order valence-corrected chi connectivity index (χ1v) is 7.54. The maximum atomic E-state index is 6.22. The van der Waals surface area contributed by atoms with Gasteiger partial charge in [-0.25, -0.2) is 0 Å². The standard InChI is InChI=1S/C15H21ClN2O/c16-13-8-11-4-7-19-15(11)12(9-13)10-18(6-5-17)14-2-1-3-14/h8-9,14H,1-7,10,17H2. The number of hydrogen-bond acceptors (Lipinski definition) is 3. The summed E-state index contributed by atoms with van der Waals surface area (Å²) < 4.78 is 5.78. The van der Waals surface area contributed by atoms with Crippen LogP contribution in [0, 0.1) is 0 Å². The molecule has 1 aliphatic heterocycles. The fraction of sp³-hybridized carbons (Fsp3) is 0.600. The second-order valence-corrected chi connectivity index (χ2v) is 5.93. The Morgan fingerprint density at radius 3 is 2.89 bits per heavy atom. The maximum absolute atomic E-state index is 6.22. The highest BCUT2D eigenvalue weighted by molar-refractivity contribution is 6.30. The predicted octanol–water partition coefficient (Wildman–Crippen LogP) is 2.59. The summed E-state index contributed by atoms with van der Waals surface area (Å²) in [7, 11) is 0. The molecular formula is C15H21ClN2O. The van der Waals surface area contributed by atoms with E-state index in [0.29, 0.717) is 12.6 Å². The number of ether oxygens (including phenoxy) is 1. The molecule has 3 rings (SSSR count). The van der Waals surface area contributed by atoms with Crippen molar-refractivity contribution in [2.24, 2.45) is 5.73 Å². The zero-order valence-corrected chi connectivity index (χ0v) is 12.0. The molecule has 1 aromatic rings. The van der Waals surface area contributed by atoms with Crippen molar-refractivity contribution in [3.8, 4) is 5.75 Å². The number of nitrogens with zero attached hydrogens (tertiary/aromatic N) is 1. The molecule has 0 aromatic heterocycles. The Morgan fingerprint density at radius 2 is 2.21 bits per heavy atom. The number of nitrogens with two attached hydrogens (primary N) is 1. The first-order valence-electron chi connectivity index (χ1n) is 7.16. The molecule has 1 aromatic carbocycles. The van der Waals surface area contributed by atoms with Gasteiger partial charge in [0.1, 0.15) is 5.75 Å². The monoisotopic (exact) mass is 280 g/mol. The van der Waals surface area contributed by atoms with E-state index in [1.54, 1.807) is 0 Å². The van der Waals surface area contributed by atoms with Crippen LogP contribution in [0.3, 0.4) is 0 Å². The third kappa shape index (κ3) is 2.73. The van der Waals surface area contributed by atoms with E-state index in [9.17, 15) is 0 Å². The lowest BCUT2D eigenvalue weighted by atomic mass is 9.91. The molecule has 0 spiro atoms. The SMILES string of the molecule is NCCN(Cc1cc(Cl)cc2c1OCC2)C1CCC1. The molecule has 1 aliphatic carbocycles. The molecule has 0 saturated heterocycles. The van der Waals surface area contributed by atoms with Crippen molar-refractivity contribution in [1.29, 1.82) is 0 Å². The maximum Gasteiger partial charge on any atom is 0.127 e. The first kappa shape index (κ1) is 13.2. The zero-order chi connectivity index (χ0) is 13.2. The van der Waals surface area contributed by atoms with Gasteiger partial charge in [-0.15, -0.1) is 0 Å². The fourth-order valence-electron chi connectivity index (χ4n) is 2.99. The smallest absolute Gasteiger partial charge is 0.127 e. The van der Waals surface area contributed by atoms with Crippen molar-refractivity contribution in [2.45, 2.75) is 38.3 Å². The van der Waals surface area contributed by atoms with Gasteiger partial charge in [0.2, 0.25) is 0 Å². The predicted molar refractivity (Wildman–Crippen MR) is 77.8 cm³/mol. The highest BCUT2D eigenvalue weighted by Crippen LogP contribution is 2.35. The van der Waals surface area contributed by atoms with Gasteiger partial charge in [-0.3, -0.25) is 4.90 Å². The van der Waals surface area contributed by atoms with Crippen LogP contribution < -0.4 is 10.5 Å². The molecule has 1 fully saturated rings. The number of rotatable bonds is 5. The van der Waals surface area contributed by atoms with Gasteiger partial charge in [0.25, 0.3) is 0 Å². The number of hydrogen-bond donors (Lipinski definition) is 1. The molecule has 0 unspecified atom stereocenters. The van der Waals surface area contributed by atoms with Crippen LogP contribution in [0.15, 0.2) is 12.1 Å². The lowest BCUT2D eigenvalue weighted by Crippen LogP contribution is -2.42. The van der Waals surface area contributed by atoms with E-state index in [2.05, 4.69) is 4.90 Å². The van der Waals surface area contributed by atoms with Crippen molar-refractivity contribution in [3.63, 3.8) is 0 Å². The van der Waals surface area contributed by atoms with E-state index >= 15 is 0 Å². The molecular weight excluding hydrogens is 260 g/mol. The van der Waals surface area contributed by atoms with Crippen LogP contribution in [0.1, 0.15) is 30.4 Å². The van der Waals surface area contributed by atoms with Crippen molar-refractivity contribution in [1.82, 2.24) is 4.90 Å². The van der Waals surface area contributed by atoms with Crippen LogP contribution in [-0.4, -0.2) is 30.6 Å². The van der Waals surface area contributed by atoms with Gasteiger partial charge >= 0.3 is 0 Å². The minimum atomic E-state index is 0.694. The quantitative estimate of drug-likeness (QED) is 0.901. The molecule has 104 valence electrons. The Balaban J connectivity index is 1.81. The minimum Gasteiger partial charge on any atom is -0.493 e. The van der Waals surface area contributed by atoms with Gasteiger partial charge in [-0.1, -0.05) is 18.0 Å². The number of fused-ring (bicyclic) bond motifs is 1. The summed E-state index contributed by atoms with van der Waals surface area (Å²) in [6.07, 6.45) is 4.91. The largest absolute Gasteiger partial charge is 0.493 e. The van der Waals surface area contributed by atoms with Gasteiger partial charge in [-0.05, 0) is 30.5 Å². The van der Waals surface area contributed by atoms with E-state index in [4.69, 9.17) is 22.1 Å². The van der Waals surface area contributed by atoms with Crippen molar-refractivity contribution in [2.75, 3.05) is 19.7 Å². The third-order valence-electron chi connectivity index (χ3n) is 4.21.